The quantitative estimate of drug-likeness (QED) is 0.616. The standard InChI is InChI=1S/C20H29N5O/c1-16-8-11-25(12-9-16)13-10-22-20(21-2)23-14-18-15-26-19(24-18)17-6-4-3-5-7-17/h3-7,15-16H,8-14H2,1-2H3,(H2,21,22,23). The minimum absolute atomic E-state index is 0.581. The van der Waals surface area contributed by atoms with E-state index in [0.29, 0.717) is 12.4 Å². The molecule has 0 radical (unpaired) electrons. The van der Waals surface area contributed by atoms with E-state index in [2.05, 4.69) is 32.4 Å². The molecule has 0 aliphatic carbocycles. The lowest BCUT2D eigenvalue weighted by atomic mass is 9.99. The fourth-order valence-electron chi connectivity index (χ4n) is 3.11. The van der Waals surface area contributed by atoms with Crippen molar-refractivity contribution in [2.75, 3.05) is 33.2 Å². The number of aromatic nitrogens is 1. The van der Waals surface area contributed by atoms with Gasteiger partial charge in [0.15, 0.2) is 5.96 Å². The number of hydrogen-bond donors (Lipinski definition) is 2. The average molecular weight is 355 g/mol. The second-order valence-electron chi connectivity index (χ2n) is 6.89. The minimum Gasteiger partial charge on any atom is -0.444 e. The number of nitrogens with zero attached hydrogens (tertiary/aromatic N) is 3. The van der Waals surface area contributed by atoms with Gasteiger partial charge in [0.25, 0.3) is 0 Å². The predicted molar refractivity (Wildman–Crippen MR) is 105 cm³/mol. The number of guanidine groups is 1. The number of benzene rings is 1. The highest BCUT2D eigenvalue weighted by Crippen LogP contribution is 2.17. The molecule has 1 aromatic carbocycles. The molecule has 1 saturated heterocycles. The fraction of sp³-hybridized carbons (Fsp3) is 0.500. The Bertz CT molecular complexity index is 689. The number of hydrogen-bond acceptors (Lipinski definition) is 4. The van der Waals surface area contributed by atoms with Crippen LogP contribution in [0.2, 0.25) is 0 Å². The molecule has 1 aliphatic rings. The van der Waals surface area contributed by atoms with E-state index in [1.54, 1.807) is 13.3 Å². The summed E-state index contributed by atoms with van der Waals surface area (Å²) in [4.78, 5) is 11.3. The Hall–Kier alpha value is -2.34. The molecule has 1 fully saturated rings. The first-order valence-electron chi connectivity index (χ1n) is 9.41. The number of nitrogens with one attached hydrogen (secondary N) is 2. The van der Waals surface area contributed by atoms with Crippen LogP contribution >= 0.6 is 0 Å². The molecule has 1 aromatic heterocycles. The van der Waals surface area contributed by atoms with E-state index in [9.17, 15) is 0 Å². The average Bonchev–Trinajstić information content (AvgIpc) is 3.16. The van der Waals surface area contributed by atoms with Gasteiger partial charge in [-0.3, -0.25) is 4.99 Å². The monoisotopic (exact) mass is 355 g/mol. The second-order valence-corrected chi connectivity index (χ2v) is 6.89. The summed E-state index contributed by atoms with van der Waals surface area (Å²) in [7, 11) is 1.79. The van der Waals surface area contributed by atoms with Crippen molar-refractivity contribution in [1.29, 1.82) is 0 Å². The minimum atomic E-state index is 0.581. The number of oxazole rings is 1. The zero-order valence-electron chi connectivity index (χ0n) is 15.7. The molecule has 2 aromatic rings. The highest BCUT2D eigenvalue weighted by molar-refractivity contribution is 5.79. The number of rotatable bonds is 6. The lowest BCUT2D eigenvalue weighted by molar-refractivity contribution is 0.195. The van der Waals surface area contributed by atoms with Crippen LogP contribution in [-0.4, -0.2) is 49.1 Å². The Balaban J connectivity index is 1.41. The van der Waals surface area contributed by atoms with Crippen molar-refractivity contribution in [3.05, 3.63) is 42.3 Å². The van der Waals surface area contributed by atoms with Gasteiger partial charge in [-0.05, 0) is 44.0 Å². The van der Waals surface area contributed by atoms with Crippen molar-refractivity contribution < 1.29 is 4.42 Å². The van der Waals surface area contributed by atoms with Gasteiger partial charge in [0.2, 0.25) is 5.89 Å². The van der Waals surface area contributed by atoms with Gasteiger partial charge < -0.3 is 20.0 Å². The molecule has 6 heteroatoms. The summed E-state index contributed by atoms with van der Waals surface area (Å²) in [6.07, 6.45) is 4.31. The molecule has 2 N–H and O–H groups in total. The summed E-state index contributed by atoms with van der Waals surface area (Å²) in [5, 5.41) is 6.67. The van der Waals surface area contributed by atoms with Gasteiger partial charge in [0.05, 0.1) is 12.2 Å². The summed E-state index contributed by atoms with van der Waals surface area (Å²) < 4.78 is 5.57. The SMILES string of the molecule is CN=C(NCCN1CCC(C)CC1)NCc1coc(-c2ccccc2)n1. The Morgan fingerprint density at radius 2 is 2.00 bits per heavy atom. The molecule has 26 heavy (non-hydrogen) atoms. The highest BCUT2D eigenvalue weighted by atomic mass is 16.3. The molecule has 0 spiro atoms. The van der Waals surface area contributed by atoms with E-state index in [1.165, 1.54) is 25.9 Å². The fourth-order valence-corrected chi connectivity index (χ4v) is 3.11. The van der Waals surface area contributed by atoms with Gasteiger partial charge in [-0.1, -0.05) is 25.1 Å². The van der Waals surface area contributed by atoms with E-state index in [1.807, 2.05) is 30.3 Å². The molecule has 0 amide bonds. The van der Waals surface area contributed by atoms with Crippen LogP contribution in [0.3, 0.4) is 0 Å². The van der Waals surface area contributed by atoms with Crippen LogP contribution in [0.25, 0.3) is 11.5 Å². The molecule has 0 unspecified atom stereocenters. The third-order valence-electron chi connectivity index (χ3n) is 4.83. The topological polar surface area (TPSA) is 65.7 Å². The molecule has 1 aliphatic heterocycles. The van der Waals surface area contributed by atoms with Gasteiger partial charge in [-0.15, -0.1) is 0 Å². The Labute approximate surface area is 155 Å². The van der Waals surface area contributed by atoms with Gasteiger partial charge in [0, 0.05) is 25.7 Å². The normalized spacial score (nSPS) is 16.6. The maximum absolute atomic E-state index is 5.57. The molecular formula is C20H29N5O. The van der Waals surface area contributed by atoms with E-state index >= 15 is 0 Å². The molecule has 0 bridgehead atoms. The largest absolute Gasteiger partial charge is 0.444 e. The van der Waals surface area contributed by atoms with Crippen LogP contribution in [0.15, 0.2) is 46.0 Å². The highest BCUT2D eigenvalue weighted by Gasteiger charge is 2.15. The van der Waals surface area contributed by atoms with Gasteiger partial charge in [0.1, 0.15) is 6.26 Å². The van der Waals surface area contributed by atoms with Crippen molar-refractivity contribution in [2.45, 2.75) is 26.3 Å². The van der Waals surface area contributed by atoms with Crippen LogP contribution in [0.5, 0.6) is 0 Å². The van der Waals surface area contributed by atoms with E-state index in [0.717, 1.165) is 36.2 Å². The molecule has 2 heterocycles. The maximum atomic E-state index is 5.57. The van der Waals surface area contributed by atoms with E-state index in [4.69, 9.17) is 4.42 Å². The van der Waals surface area contributed by atoms with Gasteiger partial charge >= 0.3 is 0 Å². The zero-order valence-corrected chi connectivity index (χ0v) is 15.7. The Morgan fingerprint density at radius 1 is 1.23 bits per heavy atom. The van der Waals surface area contributed by atoms with Crippen molar-refractivity contribution in [2.24, 2.45) is 10.9 Å². The zero-order chi connectivity index (χ0) is 18.2. The molecule has 140 valence electrons. The van der Waals surface area contributed by atoms with Crippen LogP contribution in [0.1, 0.15) is 25.5 Å². The molecule has 3 rings (SSSR count). The number of aliphatic imine (C=N–C) groups is 1. The number of likely N-dealkylation sites (tertiary alicyclic amines) is 1. The summed E-state index contributed by atoms with van der Waals surface area (Å²) in [5.74, 6) is 2.31. The summed E-state index contributed by atoms with van der Waals surface area (Å²) in [6, 6.07) is 9.92. The maximum Gasteiger partial charge on any atom is 0.226 e. The first-order valence-corrected chi connectivity index (χ1v) is 9.41. The van der Waals surface area contributed by atoms with Crippen LogP contribution in [0.4, 0.5) is 0 Å². The van der Waals surface area contributed by atoms with E-state index in [-0.39, 0.29) is 0 Å². The Morgan fingerprint density at radius 3 is 2.73 bits per heavy atom. The summed E-state index contributed by atoms with van der Waals surface area (Å²) >= 11 is 0. The molecular weight excluding hydrogens is 326 g/mol. The summed E-state index contributed by atoms with van der Waals surface area (Å²) in [6.45, 7) is 7.27. The van der Waals surface area contributed by atoms with Crippen molar-refractivity contribution in [3.8, 4) is 11.5 Å². The predicted octanol–water partition coefficient (Wildman–Crippen LogP) is 2.74. The smallest absolute Gasteiger partial charge is 0.226 e. The molecule has 6 nitrogen and oxygen atoms in total. The second kappa shape index (κ2) is 9.38. The van der Waals surface area contributed by atoms with Gasteiger partial charge in [-0.25, -0.2) is 4.98 Å². The van der Waals surface area contributed by atoms with Crippen molar-refractivity contribution >= 4 is 5.96 Å². The lowest BCUT2D eigenvalue weighted by Gasteiger charge is -2.30. The third-order valence-corrected chi connectivity index (χ3v) is 4.83. The Kier molecular flexibility index (Phi) is 6.66. The number of piperidine rings is 1. The van der Waals surface area contributed by atoms with Crippen molar-refractivity contribution in [3.63, 3.8) is 0 Å². The first kappa shape index (κ1) is 18.5. The van der Waals surface area contributed by atoms with Crippen LogP contribution in [0, 0.1) is 5.92 Å². The van der Waals surface area contributed by atoms with Crippen LogP contribution in [-0.2, 0) is 6.54 Å². The molecule has 0 saturated carbocycles. The lowest BCUT2D eigenvalue weighted by Crippen LogP contribution is -2.43. The van der Waals surface area contributed by atoms with Gasteiger partial charge in [-0.2, -0.15) is 0 Å². The summed E-state index contributed by atoms with van der Waals surface area (Å²) in [5.41, 5.74) is 1.84. The third kappa shape index (κ3) is 5.33. The first-order chi connectivity index (χ1) is 12.7. The van der Waals surface area contributed by atoms with Crippen molar-refractivity contribution in [1.82, 2.24) is 20.5 Å². The molecule has 0 atom stereocenters. The van der Waals surface area contributed by atoms with E-state index < -0.39 is 0 Å². The van der Waals surface area contributed by atoms with Crippen LogP contribution < -0.4 is 10.6 Å².